The lowest BCUT2D eigenvalue weighted by molar-refractivity contribution is 0.502. The van der Waals surface area contributed by atoms with E-state index in [-0.39, 0.29) is 6.04 Å². The molecule has 1 unspecified atom stereocenters. The van der Waals surface area contributed by atoms with Gasteiger partial charge in [0.25, 0.3) is 0 Å². The molecule has 3 heteroatoms. The second-order valence-corrected chi connectivity index (χ2v) is 4.77. The maximum Gasteiger partial charge on any atom is 0.0756 e. The number of benzene rings is 1. The molecule has 0 amide bonds. The van der Waals surface area contributed by atoms with Crippen LogP contribution in [0.1, 0.15) is 36.2 Å². The Morgan fingerprint density at radius 2 is 2.16 bits per heavy atom. The van der Waals surface area contributed by atoms with Crippen LogP contribution in [0.4, 0.5) is 0 Å². The van der Waals surface area contributed by atoms with Crippen molar-refractivity contribution in [3.63, 3.8) is 0 Å². The summed E-state index contributed by atoms with van der Waals surface area (Å²) in [5.41, 5.74) is 3.72. The van der Waals surface area contributed by atoms with Crippen LogP contribution in [0.5, 0.6) is 0 Å². The van der Waals surface area contributed by atoms with Crippen LogP contribution >= 0.6 is 0 Å². The Morgan fingerprint density at radius 1 is 1.26 bits per heavy atom. The smallest absolute Gasteiger partial charge is 0.0756 e. The monoisotopic (exact) mass is 255 g/mol. The molecular weight excluding hydrogens is 234 g/mol. The molecule has 100 valence electrons. The zero-order chi connectivity index (χ0) is 13.5. The molecule has 0 spiro atoms. The largest absolute Gasteiger partial charge is 0.309 e. The first kappa shape index (κ1) is 13.7. The number of aryl methyl sites for hydroxylation is 2. The van der Waals surface area contributed by atoms with E-state index < -0.39 is 0 Å². The Hall–Kier alpha value is -1.74. The zero-order valence-corrected chi connectivity index (χ0v) is 11.6. The SMILES string of the molecule is CCNC(CCc1cccc(C)c1)c1cnccn1. The predicted molar refractivity (Wildman–Crippen MR) is 77.9 cm³/mol. The van der Waals surface area contributed by atoms with Crippen molar-refractivity contribution in [2.24, 2.45) is 0 Å². The van der Waals surface area contributed by atoms with E-state index in [9.17, 15) is 0 Å². The molecule has 0 aliphatic rings. The standard InChI is InChI=1S/C16H21N3/c1-3-18-15(16-12-17-9-10-19-16)8-7-14-6-4-5-13(2)11-14/h4-6,9-12,15,18H,3,7-8H2,1-2H3. The van der Waals surface area contributed by atoms with E-state index in [1.807, 2.05) is 6.20 Å². The van der Waals surface area contributed by atoms with Gasteiger partial charge in [-0.25, -0.2) is 0 Å². The molecule has 1 N–H and O–H groups in total. The van der Waals surface area contributed by atoms with Gasteiger partial charge in [0.05, 0.1) is 11.7 Å². The second-order valence-electron chi connectivity index (χ2n) is 4.77. The molecule has 1 aromatic carbocycles. The first-order valence-electron chi connectivity index (χ1n) is 6.84. The fourth-order valence-corrected chi connectivity index (χ4v) is 2.27. The molecule has 0 saturated carbocycles. The molecule has 1 aromatic heterocycles. The minimum Gasteiger partial charge on any atom is -0.309 e. The quantitative estimate of drug-likeness (QED) is 0.862. The summed E-state index contributed by atoms with van der Waals surface area (Å²) >= 11 is 0. The maximum atomic E-state index is 4.40. The van der Waals surface area contributed by atoms with E-state index in [1.165, 1.54) is 11.1 Å². The van der Waals surface area contributed by atoms with Gasteiger partial charge in [0.2, 0.25) is 0 Å². The number of nitrogens with zero attached hydrogens (tertiary/aromatic N) is 2. The summed E-state index contributed by atoms with van der Waals surface area (Å²) < 4.78 is 0. The van der Waals surface area contributed by atoms with Crippen molar-refractivity contribution in [3.8, 4) is 0 Å². The van der Waals surface area contributed by atoms with Crippen LogP contribution in [0, 0.1) is 6.92 Å². The van der Waals surface area contributed by atoms with Crippen molar-refractivity contribution in [1.82, 2.24) is 15.3 Å². The highest BCUT2D eigenvalue weighted by molar-refractivity contribution is 5.22. The number of aromatic nitrogens is 2. The van der Waals surface area contributed by atoms with Crippen LogP contribution in [0.3, 0.4) is 0 Å². The summed E-state index contributed by atoms with van der Waals surface area (Å²) in [6.07, 6.45) is 7.41. The normalized spacial score (nSPS) is 12.3. The highest BCUT2D eigenvalue weighted by Crippen LogP contribution is 2.17. The molecule has 0 saturated heterocycles. The molecule has 19 heavy (non-hydrogen) atoms. The van der Waals surface area contributed by atoms with Crippen LogP contribution in [-0.2, 0) is 6.42 Å². The first-order chi connectivity index (χ1) is 9.29. The van der Waals surface area contributed by atoms with Gasteiger partial charge in [0.15, 0.2) is 0 Å². The van der Waals surface area contributed by atoms with Gasteiger partial charge in [-0.15, -0.1) is 0 Å². The third-order valence-electron chi connectivity index (χ3n) is 3.19. The number of hydrogen-bond acceptors (Lipinski definition) is 3. The summed E-state index contributed by atoms with van der Waals surface area (Å²) in [5, 5.41) is 3.48. The third-order valence-corrected chi connectivity index (χ3v) is 3.19. The first-order valence-corrected chi connectivity index (χ1v) is 6.84. The topological polar surface area (TPSA) is 37.8 Å². The Labute approximate surface area is 115 Å². The Morgan fingerprint density at radius 3 is 2.84 bits per heavy atom. The fraction of sp³-hybridized carbons (Fsp3) is 0.375. The molecule has 2 aromatic rings. The Bertz CT molecular complexity index is 496. The molecule has 0 radical (unpaired) electrons. The molecule has 0 bridgehead atoms. The van der Waals surface area contributed by atoms with Gasteiger partial charge >= 0.3 is 0 Å². The minimum atomic E-state index is 0.277. The summed E-state index contributed by atoms with van der Waals surface area (Å²) in [6, 6.07) is 8.97. The van der Waals surface area contributed by atoms with E-state index in [2.05, 4.69) is 53.4 Å². The average Bonchev–Trinajstić information content (AvgIpc) is 2.44. The van der Waals surface area contributed by atoms with E-state index in [0.29, 0.717) is 0 Å². The van der Waals surface area contributed by atoms with Crippen LogP contribution in [-0.4, -0.2) is 16.5 Å². The highest BCUT2D eigenvalue weighted by Gasteiger charge is 2.11. The average molecular weight is 255 g/mol. The third kappa shape index (κ3) is 4.14. The van der Waals surface area contributed by atoms with Crippen molar-refractivity contribution < 1.29 is 0 Å². The minimum absolute atomic E-state index is 0.277. The number of nitrogens with one attached hydrogen (secondary N) is 1. The molecule has 2 rings (SSSR count). The summed E-state index contributed by atoms with van der Waals surface area (Å²) in [4.78, 5) is 8.56. The Kier molecular flexibility index (Phi) is 5.04. The molecule has 0 fully saturated rings. The van der Waals surface area contributed by atoms with E-state index >= 15 is 0 Å². The lowest BCUT2D eigenvalue weighted by Gasteiger charge is -2.17. The van der Waals surface area contributed by atoms with E-state index in [4.69, 9.17) is 0 Å². The molecule has 0 aliphatic heterocycles. The predicted octanol–water partition coefficient (Wildman–Crippen LogP) is 3.07. The summed E-state index contributed by atoms with van der Waals surface area (Å²) in [5.74, 6) is 0. The van der Waals surface area contributed by atoms with Gasteiger partial charge in [-0.3, -0.25) is 9.97 Å². The van der Waals surface area contributed by atoms with Crippen molar-refractivity contribution in [1.29, 1.82) is 0 Å². The van der Waals surface area contributed by atoms with Gasteiger partial charge in [0.1, 0.15) is 0 Å². The molecular formula is C16H21N3. The van der Waals surface area contributed by atoms with Gasteiger partial charge in [-0.05, 0) is 31.9 Å². The lowest BCUT2D eigenvalue weighted by Crippen LogP contribution is -2.22. The van der Waals surface area contributed by atoms with Crippen molar-refractivity contribution in [2.75, 3.05) is 6.54 Å². The van der Waals surface area contributed by atoms with Crippen molar-refractivity contribution in [2.45, 2.75) is 32.7 Å². The van der Waals surface area contributed by atoms with E-state index in [0.717, 1.165) is 25.1 Å². The van der Waals surface area contributed by atoms with Crippen molar-refractivity contribution >= 4 is 0 Å². The number of rotatable bonds is 6. The van der Waals surface area contributed by atoms with Gasteiger partial charge in [0, 0.05) is 18.6 Å². The van der Waals surface area contributed by atoms with Gasteiger partial charge in [-0.1, -0.05) is 36.8 Å². The Balaban J connectivity index is 2.01. The fourth-order valence-electron chi connectivity index (χ4n) is 2.27. The van der Waals surface area contributed by atoms with Crippen LogP contribution in [0.25, 0.3) is 0 Å². The second kappa shape index (κ2) is 7.00. The van der Waals surface area contributed by atoms with E-state index in [1.54, 1.807) is 12.4 Å². The molecule has 1 heterocycles. The highest BCUT2D eigenvalue weighted by atomic mass is 14.9. The molecule has 0 aliphatic carbocycles. The lowest BCUT2D eigenvalue weighted by atomic mass is 10.0. The molecule has 1 atom stereocenters. The van der Waals surface area contributed by atoms with Crippen LogP contribution in [0.15, 0.2) is 42.9 Å². The summed E-state index contributed by atoms with van der Waals surface area (Å²) in [6.45, 7) is 5.19. The van der Waals surface area contributed by atoms with Crippen molar-refractivity contribution in [3.05, 3.63) is 59.7 Å². The molecule has 3 nitrogen and oxygen atoms in total. The van der Waals surface area contributed by atoms with Crippen LogP contribution in [0.2, 0.25) is 0 Å². The van der Waals surface area contributed by atoms with Crippen LogP contribution < -0.4 is 5.32 Å². The number of hydrogen-bond donors (Lipinski definition) is 1. The zero-order valence-electron chi connectivity index (χ0n) is 11.6. The summed E-state index contributed by atoms with van der Waals surface area (Å²) in [7, 11) is 0. The van der Waals surface area contributed by atoms with Gasteiger partial charge in [-0.2, -0.15) is 0 Å². The van der Waals surface area contributed by atoms with Gasteiger partial charge < -0.3 is 5.32 Å². The maximum absolute atomic E-state index is 4.40.